The molecule has 226 valence electrons. The number of piperazine rings is 1. The Morgan fingerprint density at radius 2 is 1.62 bits per heavy atom. The average Bonchev–Trinajstić information content (AvgIpc) is 2.98. The number of amides is 1. The number of aliphatic hydroxyl groups is 1. The zero-order valence-corrected chi connectivity index (χ0v) is 24.6. The van der Waals surface area contributed by atoms with Crippen molar-refractivity contribution in [1.29, 1.82) is 0 Å². The molecule has 3 aromatic carbocycles. The molecule has 1 saturated heterocycles. The summed E-state index contributed by atoms with van der Waals surface area (Å²) in [6.45, 7) is 5.17. The lowest BCUT2D eigenvalue weighted by Gasteiger charge is -2.41. The predicted octanol–water partition coefficient (Wildman–Crippen LogP) is 4.89. The SMILES string of the molecule is CCS(=O)(=O)c1ccc([C@H](CO)C(C)NC(=O)c2ccc(N3CCN(C)C(c4ccc(C(F)(F)F)cc4)C3)cc2)cc1. The highest BCUT2D eigenvalue weighted by molar-refractivity contribution is 7.91. The Morgan fingerprint density at radius 1 is 1.00 bits per heavy atom. The van der Waals surface area contributed by atoms with Crippen LogP contribution in [0.25, 0.3) is 0 Å². The van der Waals surface area contributed by atoms with Crippen molar-refractivity contribution in [2.24, 2.45) is 0 Å². The number of likely N-dealkylation sites (N-methyl/N-ethyl adjacent to an activating group) is 1. The lowest BCUT2D eigenvalue weighted by molar-refractivity contribution is -0.137. The van der Waals surface area contributed by atoms with Crippen molar-refractivity contribution in [3.05, 3.63) is 95.1 Å². The zero-order chi connectivity index (χ0) is 30.7. The largest absolute Gasteiger partial charge is 0.416 e. The fourth-order valence-corrected chi connectivity index (χ4v) is 6.10. The number of rotatable bonds is 9. The standard InChI is InChI=1S/C31H36F3N3O4S/c1-4-42(40,41)27-15-9-22(10-16-27)28(20-38)21(2)35-30(39)24-7-13-26(14-8-24)37-18-17-36(3)29(19-37)23-5-11-25(12-6-23)31(32,33)34/h5-16,21,28-29,38H,4,17-20H2,1-3H3,(H,35,39)/t21?,28-,29?/m1/s1. The Hall–Kier alpha value is -3.41. The highest BCUT2D eigenvalue weighted by Crippen LogP contribution is 2.32. The van der Waals surface area contributed by atoms with Crippen molar-refractivity contribution in [3.8, 4) is 0 Å². The van der Waals surface area contributed by atoms with E-state index < -0.39 is 33.5 Å². The number of aliphatic hydroxyl groups excluding tert-OH is 1. The molecule has 7 nitrogen and oxygen atoms in total. The molecule has 2 unspecified atom stereocenters. The first-order valence-corrected chi connectivity index (χ1v) is 15.5. The number of anilines is 1. The van der Waals surface area contributed by atoms with Crippen LogP contribution < -0.4 is 10.2 Å². The van der Waals surface area contributed by atoms with E-state index in [9.17, 15) is 31.5 Å². The van der Waals surface area contributed by atoms with Gasteiger partial charge in [0.2, 0.25) is 0 Å². The van der Waals surface area contributed by atoms with Crippen molar-refractivity contribution in [2.75, 3.05) is 43.9 Å². The number of carbonyl (C=O) groups is 1. The minimum atomic E-state index is -4.38. The molecule has 11 heteroatoms. The molecular formula is C31H36F3N3O4S. The molecule has 1 fully saturated rings. The van der Waals surface area contributed by atoms with Crippen LogP contribution in [-0.4, -0.2) is 69.4 Å². The average molecular weight is 604 g/mol. The van der Waals surface area contributed by atoms with Gasteiger partial charge in [0.1, 0.15) is 0 Å². The smallest absolute Gasteiger partial charge is 0.396 e. The maximum atomic E-state index is 13.0. The highest BCUT2D eigenvalue weighted by Gasteiger charge is 2.31. The normalized spacial score (nSPS) is 18.0. The number of alkyl halides is 3. The number of sulfone groups is 1. The van der Waals surface area contributed by atoms with Gasteiger partial charge < -0.3 is 15.3 Å². The number of halogens is 3. The molecular weight excluding hydrogens is 567 g/mol. The minimum absolute atomic E-state index is 0.00440. The summed E-state index contributed by atoms with van der Waals surface area (Å²) in [5, 5.41) is 13.0. The predicted molar refractivity (Wildman–Crippen MR) is 156 cm³/mol. The molecule has 3 atom stereocenters. The van der Waals surface area contributed by atoms with Gasteiger partial charge in [-0.25, -0.2) is 8.42 Å². The number of carbonyl (C=O) groups excluding carboxylic acids is 1. The van der Waals surface area contributed by atoms with Gasteiger partial charge in [-0.3, -0.25) is 9.69 Å². The summed E-state index contributed by atoms with van der Waals surface area (Å²) in [5.41, 5.74) is 2.20. The lowest BCUT2D eigenvalue weighted by atomic mass is 9.93. The number of hydrogen-bond acceptors (Lipinski definition) is 6. The van der Waals surface area contributed by atoms with Crippen molar-refractivity contribution in [3.63, 3.8) is 0 Å². The lowest BCUT2D eigenvalue weighted by Crippen LogP contribution is -2.46. The maximum Gasteiger partial charge on any atom is 0.416 e. The van der Waals surface area contributed by atoms with Gasteiger partial charge in [0, 0.05) is 42.8 Å². The van der Waals surface area contributed by atoms with Crippen LogP contribution in [0, 0.1) is 0 Å². The number of nitrogens with one attached hydrogen (secondary N) is 1. The molecule has 0 radical (unpaired) electrons. The molecule has 0 spiro atoms. The van der Waals surface area contributed by atoms with E-state index >= 15 is 0 Å². The van der Waals surface area contributed by atoms with Gasteiger partial charge in [0.15, 0.2) is 9.84 Å². The van der Waals surface area contributed by atoms with Gasteiger partial charge in [0.25, 0.3) is 5.91 Å². The topological polar surface area (TPSA) is 89.9 Å². The van der Waals surface area contributed by atoms with E-state index in [2.05, 4.69) is 15.1 Å². The molecule has 0 aromatic heterocycles. The second-order valence-corrected chi connectivity index (χ2v) is 12.9. The number of hydrogen-bond donors (Lipinski definition) is 2. The van der Waals surface area contributed by atoms with Gasteiger partial charge in [-0.2, -0.15) is 13.2 Å². The Balaban J connectivity index is 1.40. The molecule has 3 aromatic rings. The summed E-state index contributed by atoms with van der Waals surface area (Å²) in [5.74, 6) is -0.743. The fourth-order valence-electron chi connectivity index (χ4n) is 5.22. The first-order chi connectivity index (χ1) is 19.8. The molecule has 42 heavy (non-hydrogen) atoms. The quantitative estimate of drug-likeness (QED) is 0.362. The Morgan fingerprint density at radius 3 is 2.17 bits per heavy atom. The van der Waals surface area contributed by atoms with Crippen molar-refractivity contribution in [2.45, 2.75) is 42.9 Å². The van der Waals surface area contributed by atoms with Crippen LogP contribution in [0.4, 0.5) is 18.9 Å². The minimum Gasteiger partial charge on any atom is -0.396 e. The van der Waals surface area contributed by atoms with Gasteiger partial charge in [-0.15, -0.1) is 0 Å². The molecule has 0 saturated carbocycles. The summed E-state index contributed by atoms with van der Waals surface area (Å²) >= 11 is 0. The molecule has 0 aliphatic carbocycles. The third-order valence-electron chi connectivity index (χ3n) is 7.97. The summed E-state index contributed by atoms with van der Waals surface area (Å²) in [6.07, 6.45) is -4.38. The maximum absolute atomic E-state index is 13.0. The third kappa shape index (κ3) is 7.14. The molecule has 1 aliphatic rings. The second-order valence-electron chi connectivity index (χ2n) is 10.6. The Kier molecular flexibility index (Phi) is 9.64. The van der Waals surface area contributed by atoms with E-state index in [1.807, 2.05) is 19.2 Å². The Labute approximate surface area is 244 Å². The Bertz CT molecular complexity index is 1460. The summed E-state index contributed by atoms with van der Waals surface area (Å²) in [6, 6.07) is 18.3. The van der Waals surface area contributed by atoms with Gasteiger partial charge >= 0.3 is 6.18 Å². The molecule has 1 amide bonds. The van der Waals surface area contributed by atoms with Crippen LogP contribution in [0.3, 0.4) is 0 Å². The number of benzene rings is 3. The fraction of sp³-hybridized carbons (Fsp3) is 0.387. The molecule has 4 rings (SSSR count). The van der Waals surface area contributed by atoms with Crippen LogP contribution in [0.1, 0.15) is 52.9 Å². The summed E-state index contributed by atoms with van der Waals surface area (Å²) in [4.78, 5) is 17.5. The van der Waals surface area contributed by atoms with Gasteiger partial charge in [0.05, 0.1) is 28.9 Å². The summed E-state index contributed by atoms with van der Waals surface area (Å²) in [7, 11) is -1.38. The number of nitrogens with zero attached hydrogens (tertiary/aromatic N) is 2. The van der Waals surface area contributed by atoms with Crippen molar-refractivity contribution >= 4 is 21.4 Å². The van der Waals surface area contributed by atoms with Crippen LogP contribution in [-0.2, 0) is 16.0 Å². The van der Waals surface area contributed by atoms with Crippen molar-refractivity contribution in [1.82, 2.24) is 10.2 Å². The molecule has 1 aliphatic heterocycles. The van der Waals surface area contributed by atoms with E-state index in [-0.39, 0.29) is 29.2 Å². The molecule has 1 heterocycles. The van der Waals surface area contributed by atoms with Crippen molar-refractivity contribution < 1.29 is 31.5 Å². The van der Waals surface area contributed by atoms with Gasteiger partial charge in [-0.1, -0.05) is 31.2 Å². The highest BCUT2D eigenvalue weighted by atomic mass is 32.2. The second kappa shape index (κ2) is 12.8. The van der Waals surface area contributed by atoms with Crippen LogP contribution in [0.15, 0.2) is 77.7 Å². The van der Waals surface area contributed by atoms with Crippen LogP contribution >= 0.6 is 0 Å². The first-order valence-electron chi connectivity index (χ1n) is 13.8. The summed E-state index contributed by atoms with van der Waals surface area (Å²) < 4.78 is 63.2. The van der Waals surface area contributed by atoms with E-state index in [0.29, 0.717) is 17.7 Å². The van der Waals surface area contributed by atoms with E-state index in [1.165, 1.54) is 24.3 Å². The van der Waals surface area contributed by atoms with E-state index in [0.717, 1.165) is 36.5 Å². The molecule has 0 bridgehead atoms. The van der Waals surface area contributed by atoms with Crippen LogP contribution in [0.5, 0.6) is 0 Å². The third-order valence-corrected chi connectivity index (χ3v) is 9.72. The first kappa shape index (κ1) is 31.5. The van der Waals surface area contributed by atoms with Gasteiger partial charge in [-0.05, 0) is 73.6 Å². The van der Waals surface area contributed by atoms with E-state index in [4.69, 9.17) is 0 Å². The zero-order valence-electron chi connectivity index (χ0n) is 23.8. The van der Waals surface area contributed by atoms with E-state index in [1.54, 1.807) is 38.1 Å². The molecule has 2 N–H and O–H groups in total. The monoisotopic (exact) mass is 603 g/mol. The van der Waals surface area contributed by atoms with Crippen LogP contribution in [0.2, 0.25) is 0 Å².